The molecular weight excluding hydrogens is 315 g/mol. The van der Waals surface area contributed by atoms with Crippen LogP contribution in [-0.4, -0.2) is 16.7 Å². The average molecular weight is 325 g/mol. The van der Waals surface area contributed by atoms with E-state index in [-0.39, 0.29) is 0 Å². The molecule has 3 rings (SSSR count). The molecule has 0 saturated carbocycles. The first kappa shape index (κ1) is 13.5. The molecule has 3 nitrogen and oxygen atoms in total. The van der Waals surface area contributed by atoms with Crippen molar-refractivity contribution in [2.24, 2.45) is 0 Å². The van der Waals surface area contributed by atoms with E-state index in [9.17, 15) is 0 Å². The van der Waals surface area contributed by atoms with Gasteiger partial charge in [-0.2, -0.15) is 0 Å². The molecule has 0 atom stereocenters. The second-order valence-corrected chi connectivity index (χ2v) is 5.51. The molecule has 0 spiro atoms. The molecule has 0 saturated heterocycles. The zero-order valence-electron chi connectivity index (χ0n) is 10.5. The molecule has 0 radical (unpaired) electrons. The minimum absolute atomic E-state index is 0.558. The molecule has 6 heteroatoms. The second kappa shape index (κ2) is 5.13. The molecule has 1 N–H and O–H groups in total. The number of para-hydroxylation sites is 1. The fraction of sp³-hybridized carbons (Fsp3) is 0.0714. The summed E-state index contributed by atoms with van der Waals surface area (Å²) in [7, 11) is 1.62. The van der Waals surface area contributed by atoms with Gasteiger partial charge in [-0.25, -0.2) is 0 Å². The average Bonchev–Trinajstić information content (AvgIpc) is 2.73. The number of hydrogen-bond donors (Lipinski definition) is 1. The Morgan fingerprint density at radius 3 is 2.50 bits per heavy atom. The Morgan fingerprint density at radius 1 is 1.15 bits per heavy atom. The Hall–Kier alpha value is -1.49. The molecule has 0 bridgehead atoms. The van der Waals surface area contributed by atoms with Crippen LogP contribution in [0.15, 0.2) is 36.4 Å². The van der Waals surface area contributed by atoms with Gasteiger partial charge in [0.05, 0.1) is 18.3 Å². The van der Waals surface area contributed by atoms with Gasteiger partial charge in [-0.3, -0.25) is 4.57 Å². The summed E-state index contributed by atoms with van der Waals surface area (Å²) in [5, 5.41) is 1.12. The third kappa shape index (κ3) is 2.20. The number of imidazole rings is 1. The SMILES string of the molecule is COc1cccc2c1[nH]c(=S)n2-c1cc(Cl)cc(Cl)c1. The first-order valence-electron chi connectivity index (χ1n) is 5.84. The number of ether oxygens (including phenoxy) is 1. The van der Waals surface area contributed by atoms with Crippen molar-refractivity contribution in [2.75, 3.05) is 7.11 Å². The molecule has 0 aliphatic rings. The largest absolute Gasteiger partial charge is 0.494 e. The van der Waals surface area contributed by atoms with Gasteiger partial charge in [-0.15, -0.1) is 0 Å². The number of methoxy groups -OCH3 is 1. The van der Waals surface area contributed by atoms with Gasteiger partial charge in [0.25, 0.3) is 0 Å². The lowest BCUT2D eigenvalue weighted by Gasteiger charge is -2.07. The highest BCUT2D eigenvalue weighted by molar-refractivity contribution is 7.71. The summed E-state index contributed by atoms with van der Waals surface area (Å²) in [6, 6.07) is 11.1. The van der Waals surface area contributed by atoms with Crippen molar-refractivity contribution in [3.8, 4) is 11.4 Å². The highest BCUT2D eigenvalue weighted by atomic mass is 35.5. The summed E-state index contributed by atoms with van der Waals surface area (Å²) in [6.45, 7) is 0. The summed E-state index contributed by atoms with van der Waals surface area (Å²) in [5.41, 5.74) is 2.57. The smallest absolute Gasteiger partial charge is 0.182 e. The van der Waals surface area contributed by atoms with Crippen LogP contribution >= 0.6 is 35.4 Å². The minimum atomic E-state index is 0.558. The van der Waals surface area contributed by atoms with E-state index in [2.05, 4.69) is 4.98 Å². The number of nitrogens with one attached hydrogen (secondary N) is 1. The van der Waals surface area contributed by atoms with Gasteiger partial charge in [-0.1, -0.05) is 29.3 Å². The molecule has 1 heterocycles. The van der Waals surface area contributed by atoms with E-state index in [1.807, 2.05) is 34.9 Å². The maximum Gasteiger partial charge on any atom is 0.182 e. The predicted octanol–water partition coefficient (Wildman–Crippen LogP) is 5.00. The van der Waals surface area contributed by atoms with Crippen LogP contribution in [0, 0.1) is 4.77 Å². The lowest BCUT2D eigenvalue weighted by atomic mass is 10.2. The lowest BCUT2D eigenvalue weighted by molar-refractivity contribution is 0.419. The Balaban J connectivity index is 2.36. The summed E-state index contributed by atoms with van der Waals surface area (Å²) in [6.07, 6.45) is 0. The predicted molar refractivity (Wildman–Crippen MR) is 85.0 cm³/mol. The Labute approximate surface area is 130 Å². The van der Waals surface area contributed by atoms with Crippen molar-refractivity contribution in [1.82, 2.24) is 9.55 Å². The van der Waals surface area contributed by atoms with Crippen LogP contribution in [0.4, 0.5) is 0 Å². The monoisotopic (exact) mass is 324 g/mol. The van der Waals surface area contributed by atoms with Crippen LogP contribution < -0.4 is 4.74 Å². The van der Waals surface area contributed by atoms with Crippen LogP contribution in [0.3, 0.4) is 0 Å². The molecule has 0 aliphatic carbocycles. The number of hydrogen-bond acceptors (Lipinski definition) is 2. The highest BCUT2D eigenvalue weighted by Gasteiger charge is 2.11. The van der Waals surface area contributed by atoms with Crippen LogP contribution in [0.25, 0.3) is 16.7 Å². The molecule has 20 heavy (non-hydrogen) atoms. The summed E-state index contributed by atoms with van der Waals surface area (Å²) in [4.78, 5) is 3.15. The summed E-state index contributed by atoms with van der Waals surface area (Å²) < 4.78 is 7.77. The molecule has 3 aromatic rings. The first-order chi connectivity index (χ1) is 9.60. The number of nitrogens with zero attached hydrogens (tertiary/aromatic N) is 1. The molecular formula is C14H10Cl2N2OS. The van der Waals surface area contributed by atoms with Gasteiger partial charge in [0.1, 0.15) is 11.3 Å². The van der Waals surface area contributed by atoms with E-state index < -0.39 is 0 Å². The van der Waals surface area contributed by atoms with E-state index in [4.69, 9.17) is 40.2 Å². The normalized spacial score (nSPS) is 10.9. The number of aromatic nitrogens is 2. The summed E-state index contributed by atoms with van der Waals surface area (Å²) in [5.74, 6) is 0.737. The van der Waals surface area contributed by atoms with E-state index in [1.54, 1.807) is 13.2 Å². The van der Waals surface area contributed by atoms with Crippen molar-refractivity contribution in [3.63, 3.8) is 0 Å². The maximum absolute atomic E-state index is 6.06. The van der Waals surface area contributed by atoms with Gasteiger partial charge in [0.15, 0.2) is 4.77 Å². The number of H-pyrrole nitrogens is 1. The number of halogens is 2. The topological polar surface area (TPSA) is 29.9 Å². The third-order valence-electron chi connectivity index (χ3n) is 3.01. The zero-order chi connectivity index (χ0) is 14.3. The quantitative estimate of drug-likeness (QED) is 0.672. The number of fused-ring (bicyclic) bond motifs is 1. The van der Waals surface area contributed by atoms with Crippen molar-refractivity contribution < 1.29 is 4.74 Å². The molecule has 0 unspecified atom stereocenters. The third-order valence-corrected chi connectivity index (χ3v) is 3.73. The second-order valence-electron chi connectivity index (χ2n) is 4.25. The van der Waals surface area contributed by atoms with E-state index in [0.29, 0.717) is 14.8 Å². The van der Waals surface area contributed by atoms with Crippen LogP contribution in [-0.2, 0) is 0 Å². The van der Waals surface area contributed by atoms with Gasteiger partial charge < -0.3 is 9.72 Å². The van der Waals surface area contributed by atoms with E-state index in [1.165, 1.54) is 0 Å². The molecule has 1 aromatic heterocycles. The first-order valence-corrected chi connectivity index (χ1v) is 7.01. The van der Waals surface area contributed by atoms with Crippen molar-refractivity contribution in [2.45, 2.75) is 0 Å². The molecule has 0 amide bonds. The van der Waals surface area contributed by atoms with E-state index in [0.717, 1.165) is 22.5 Å². The van der Waals surface area contributed by atoms with Crippen LogP contribution in [0.2, 0.25) is 10.0 Å². The Morgan fingerprint density at radius 2 is 1.85 bits per heavy atom. The van der Waals surface area contributed by atoms with Crippen LogP contribution in [0.1, 0.15) is 0 Å². The summed E-state index contributed by atoms with van der Waals surface area (Å²) >= 11 is 17.5. The standard InChI is InChI=1S/C14H10Cl2N2OS/c1-19-12-4-2-3-11-13(12)17-14(20)18(11)10-6-8(15)5-9(16)7-10/h2-7H,1H3,(H,17,20). The van der Waals surface area contributed by atoms with Crippen molar-refractivity contribution in [3.05, 3.63) is 51.2 Å². The Bertz CT molecular complexity index is 834. The lowest BCUT2D eigenvalue weighted by Crippen LogP contribution is -1.94. The van der Waals surface area contributed by atoms with Crippen LogP contribution in [0.5, 0.6) is 5.75 Å². The molecule has 2 aromatic carbocycles. The zero-order valence-corrected chi connectivity index (χ0v) is 12.8. The van der Waals surface area contributed by atoms with E-state index >= 15 is 0 Å². The number of rotatable bonds is 2. The highest BCUT2D eigenvalue weighted by Crippen LogP contribution is 2.29. The fourth-order valence-electron chi connectivity index (χ4n) is 2.20. The van der Waals surface area contributed by atoms with Crippen molar-refractivity contribution >= 4 is 46.5 Å². The number of aromatic amines is 1. The van der Waals surface area contributed by atoms with Gasteiger partial charge >= 0.3 is 0 Å². The minimum Gasteiger partial charge on any atom is -0.494 e. The van der Waals surface area contributed by atoms with Gasteiger partial charge in [-0.05, 0) is 42.5 Å². The molecule has 102 valence electrons. The fourth-order valence-corrected chi connectivity index (χ4v) is 3.02. The van der Waals surface area contributed by atoms with Gasteiger partial charge in [0, 0.05) is 10.0 Å². The van der Waals surface area contributed by atoms with Crippen molar-refractivity contribution in [1.29, 1.82) is 0 Å². The molecule has 0 aliphatic heterocycles. The maximum atomic E-state index is 6.06. The number of benzene rings is 2. The van der Waals surface area contributed by atoms with Gasteiger partial charge in [0.2, 0.25) is 0 Å². The molecule has 0 fully saturated rings. The Kier molecular flexibility index (Phi) is 3.46.